The van der Waals surface area contributed by atoms with E-state index >= 15 is 0 Å². The van der Waals surface area contributed by atoms with Crippen molar-refractivity contribution in [3.63, 3.8) is 0 Å². The molecule has 4 aromatic rings. The van der Waals surface area contributed by atoms with Gasteiger partial charge in [-0.1, -0.05) is 72.0 Å². The largest absolute Gasteiger partial charge is 0.419 e. The van der Waals surface area contributed by atoms with Gasteiger partial charge in [0.25, 0.3) is 5.89 Å². The smallest absolute Gasteiger partial charge is 0.268 e. The number of hydrogen-bond donors (Lipinski definition) is 0. The molecule has 0 radical (unpaired) electrons. The predicted molar refractivity (Wildman–Crippen MR) is 128 cm³/mol. The highest BCUT2D eigenvalue weighted by Gasteiger charge is 2.25. The molecule has 31 heavy (non-hydrogen) atoms. The zero-order valence-electron chi connectivity index (χ0n) is 17.4. The maximum atomic E-state index is 6.56. The van der Waals surface area contributed by atoms with Crippen LogP contribution in [0.2, 0.25) is 10.0 Å². The SMILES string of the molecule is CCc1c(-c2nnc(C(C)CC)o2)nn(-c2ccc(Cl)cc2Cl)c1-c1ccc(Br)cc1. The molecule has 0 saturated heterocycles. The lowest BCUT2D eigenvalue weighted by atomic mass is 10.0. The molecule has 2 aromatic heterocycles. The fraction of sp³-hybridized carbons (Fsp3) is 0.261. The van der Waals surface area contributed by atoms with Gasteiger partial charge in [-0.15, -0.1) is 10.2 Å². The number of aromatic nitrogens is 4. The Morgan fingerprint density at radius 1 is 1.06 bits per heavy atom. The molecule has 2 heterocycles. The minimum absolute atomic E-state index is 0.185. The predicted octanol–water partition coefficient (Wildman–Crippen LogP) is 7.73. The third-order valence-corrected chi connectivity index (χ3v) is 6.34. The molecule has 0 fully saturated rings. The quantitative estimate of drug-likeness (QED) is 0.261. The number of rotatable bonds is 6. The summed E-state index contributed by atoms with van der Waals surface area (Å²) >= 11 is 16.2. The highest BCUT2D eigenvalue weighted by molar-refractivity contribution is 9.10. The Labute approximate surface area is 199 Å². The van der Waals surface area contributed by atoms with Crippen LogP contribution in [-0.2, 0) is 6.42 Å². The lowest BCUT2D eigenvalue weighted by molar-refractivity contribution is 0.460. The van der Waals surface area contributed by atoms with Crippen LogP contribution in [0, 0.1) is 0 Å². The molecule has 0 spiro atoms. The molecular weight excluding hydrogens is 499 g/mol. The molecule has 0 aliphatic carbocycles. The summed E-state index contributed by atoms with van der Waals surface area (Å²) in [6.45, 7) is 6.24. The Morgan fingerprint density at radius 2 is 1.81 bits per heavy atom. The van der Waals surface area contributed by atoms with Gasteiger partial charge in [-0.3, -0.25) is 0 Å². The summed E-state index contributed by atoms with van der Waals surface area (Å²) < 4.78 is 8.85. The van der Waals surface area contributed by atoms with Crippen molar-refractivity contribution in [2.24, 2.45) is 0 Å². The molecule has 0 aliphatic rings. The maximum absolute atomic E-state index is 6.56. The number of halogens is 3. The first-order chi connectivity index (χ1) is 14.9. The summed E-state index contributed by atoms with van der Waals surface area (Å²) in [5.41, 5.74) is 4.33. The van der Waals surface area contributed by atoms with Crippen molar-refractivity contribution in [1.29, 1.82) is 0 Å². The molecule has 4 rings (SSSR count). The molecule has 0 bridgehead atoms. The van der Waals surface area contributed by atoms with Crippen molar-refractivity contribution in [1.82, 2.24) is 20.0 Å². The normalized spacial score (nSPS) is 12.3. The van der Waals surface area contributed by atoms with Crippen molar-refractivity contribution >= 4 is 39.1 Å². The fourth-order valence-corrected chi connectivity index (χ4v) is 4.15. The highest BCUT2D eigenvalue weighted by atomic mass is 79.9. The first kappa shape index (κ1) is 22.1. The average molecular weight is 520 g/mol. The molecular formula is C23H21BrCl2N4O. The minimum Gasteiger partial charge on any atom is -0.419 e. The van der Waals surface area contributed by atoms with Crippen LogP contribution >= 0.6 is 39.1 Å². The van der Waals surface area contributed by atoms with Gasteiger partial charge < -0.3 is 4.42 Å². The molecule has 2 aromatic carbocycles. The number of benzene rings is 2. The maximum Gasteiger partial charge on any atom is 0.268 e. The van der Waals surface area contributed by atoms with Crippen LogP contribution in [0.25, 0.3) is 28.5 Å². The van der Waals surface area contributed by atoms with Gasteiger partial charge in [-0.25, -0.2) is 4.68 Å². The Morgan fingerprint density at radius 3 is 2.45 bits per heavy atom. The van der Waals surface area contributed by atoms with E-state index in [4.69, 9.17) is 32.7 Å². The van der Waals surface area contributed by atoms with E-state index in [0.717, 1.165) is 39.8 Å². The van der Waals surface area contributed by atoms with E-state index in [9.17, 15) is 0 Å². The summed E-state index contributed by atoms with van der Waals surface area (Å²) in [6.07, 6.45) is 1.65. The second-order valence-electron chi connectivity index (χ2n) is 7.30. The van der Waals surface area contributed by atoms with E-state index in [-0.39, 0.29) is 5.92 Å². The molecule has 0 amide bonds. The summed E-state index contributed by atoms with van der Waals surface area (Å²) in [4.78, 5) is 0. The van der Waals surface area contributed by atoms with Crippen molar-refractivity contribution in [2.75, 3.05) is 0 Å². The molecule has 8 heteroatoms. The van der Waals surface area contributed by atoms with Crippen LogP contribution in [0.3, 0.4) is 0 Å². The van der Waals surface area contributed by atoms with Gasteiger partial charge in [0, 0.05) is 26.5 Å². The van der Waals surface area contributed by atoms with Crippen molar-refractivity contribution in [2.45, 2.75) is 39.5 Å². The van der Waals surface area contributed by atoms with E-state index in [1.165, 1.54) is 0 Å². The molecule has 0 N–H and O–H groups in total. The standard InChI is InChI=1S/C23H21BrCl2N4O/c1-4-13(3)22-27-28-23(31-22)20-17(5-2)21(14-6-8-15(24)9-7-14)30(29-20)19-11-10-16(25)12-18(19)26/h6-13H,4-5H2,1-3H3. The topological polar surface area (TPSA) is 56.7 Å². The van der Waals surface area contributed by atoms with Crippen LogP contribution < -0.4 is 0 Å². The van der Waals surface area contributed by atoms with Crippen molar-refractivity contribution in [3.05, 3.63) is 68.4 Å². The third kappa shape index (κ3) is 4.29. The Kier molecular flexibility index (Phi) is 6.51. The van der Waals surface area contributed by atoms with E-state index < -0.39 is 0 Å². The second-order valence-corrected chi connectivity index (χ2v) is 9.06. The Balaban J connectivity index is 1.97. The highest BCUT2D eigenvalue weighted by Crippen LogP contribution is 2.37. The van der Waals surface area contributed by atoms with Crippen LogP contribution in [0.4, 0.5) is 0 Å². The Hall–Kier alpha value is -2.15. The zero-order valence-corrected chi connectivity index (χ0v) is 20.5. The zero-order chi connectivity index (χ0) is 22.1. The van der Waals surface area contributed by atoms with Gasteiger partial charge in [0.2, 0.25) is 5.89 Å². The summed E-state index contributed by atoms with van der Waals surface area (Å²) in [7, 11) is 0. The molecule has 0 saturated carbocycles. The first-order valence-corrected chi connectivity index (χ1v) is 11.6. The number of nitrogens with zero attached hydrogens (tertiary/aromatic N) is 4. The van der Waals surface area contributed by atoms with Gasteiger partial charge in [0.05, 0.1) is 16.4 Å². The van der Waals surface area contributed by atoms with Crippen LogP contribution in [-0.4, -0.2) is 20.0 Å². The first-order valence-electron chi connectivity index (χ1n) is 10.1. The third-order valence-electron chi connectivity index (χ3n) is 5.27. The van der Waals surface area contributed by atoms with Crippen LogP contribution in [0.1, 0.15) is 44.6 Å². The van der Waals surface area contributed by atoms with Gasteiger partial charge >= 0.3 is 0 Å². The van der Waals surface area contributed by atoms with Crippen molar-refractivity contribution < 1.29 is 4.42 Å². The molecule has 1 atom stereocenters. The van der Waals surface area contributed by atoms with Crippen molar-refractivity contribution in [3.8, 4) is 28.5 Å². The minimum atomic E-state index is 0.185. The van der Waals surface area contributed by atoms with E-state index in [1.807, 2.05) is 35.0 Å². The molecule has 160 valence electrons. The van der Waals surface area contributed by atoms with E-state index in [1.54, 1.807) is 12.1 Å². The van der Waals surface area contributed by atoms with Crippen LogP contribution in [0.15, 0.2) is 51.4 Å². The molecule has 1 unspecified atom stereocenters. The van der Waals surface area contributed by atoms with Gasteiger partial charge in [-0.05, 0) is 43.2 Å². The molecule has 0 aliphatic heterocycles. The van der Waals surface area contributed by atoms with E-state index in [0.29, 0.717) is 27.5 Å². The number of hydrogen-bond acceptors (Lipinski definition) is 4. The Bertz CT molecular complexity index is 1220. The van der Waals surface area contributed by atoms with Gasteiger partial charge in [0.15, 0.2) is 5.69 Å². The molecule has 5 nitrogen and oxygen atoms in total. The van der Waals surface area contributed by atoms with Crippen LogP contribution in [0.5, 0.6) is 0 Å². The summed E-state index contributed by atoms with van der Waals surface area (Å²) in [5.74, 6) is 1.21. The lowest BCUT2D eigenvalue weighted by Gasteiger charge is -2.11. The monoisotopic (exact) mass is 518 g/mol. The van der Waals surface area contributed by atoms with Gasteiger partial charge in [-0.2, -0.15) is 5.10 Å². The summed E-state index contributed by atoms with van der Waals surface area (Å²) in [5, 5.41) is 14.5. The van der Waals surface area contributed by atoms with E-state index in [2.05, 4.69) is 46.9 Å². The second kappa shape index (κ2) is 9.15. The van der Waals surface area contributed by atoms with Gasteiger partial charge in [0.1, 0.15) is 0 Å². The summed E-state index contributed by atoms with van der Waals surface area (Å²) in [6, 6.07) is 13.5. The average Bonchev–Trinajstić information content (AvgIpc) is 3.38. The fourth-order valence-electron chi connectivity index (χ4n) is 3.39. The lowest BCUT2D eigenvalue weighted by Crippen LogP contribution is -2.01.